The number of rotatable bonds is 4. The molecule has 12 heavy (non-hydrogen) atoms. The monoisotopic (exact) mass is 170 g/mol. The molecule has 0 N–H and O–H groups in total. The first-order valence-corrected chi connectivity index (χ1v) is 5.11. The fourth-order valence-electron chi connectivity index (χ4n) is 1.96. The summed E-state index contributed by atoms with van der Waals surface area (Å²) >= 11 is 0. The van der Waals surface area contributed by atoms with Crippen molar-refractivity contribution in [3.05, 3.63) is 0 Å². The van der Waals surface area contributed by atoms with Gasteiger partial charge in [-0.25, -0.2) is 0 Å². The second kappa shape index (κ2) is 3.37. The van der Waals surface area contributed by atoms with Gasteiger partial charge in [0, 0.05) is 5.41 Å². The topological polar surface area (TPSA) is 9.23 Å². The van der Waals surface area contributed by atoms with Gasteiger partial charge in [-0.3, -0.25) is 0 Å². The minimum Gasteiger partial charge on any atom is -0.380 e. The molecule has 1 aliphatic rings. The van der Waals surface area contributed by atoms with Crippen molar-refractivity contribution in [2.75, 3.05) is 13.2 Å². The molecule has 1 heterocycles. The average Bonchev–Trinajstić information content (AvgIpc) is 1.97. The SMILES string of the molecule is CCC(C)(C)CC1(CC)COC1. The molecule has 1 nitrogen and oxygen atoms in total. The van der Waals surface area contributed by atoms with Gasteiger partial charge in [0.15, 0.2) is 0 Å². The van der Waals surface area contributed by atoms with Crippen molar-refractivity contribution >= 4 is 0 Å². The third kappa shape index (κ3) is 2.01. The third-order valence-electron chi connectivity index (χ3n) is 3.38. The van der Waals surface area contributed by atoms with Gasteiger partial charge in [0.2, 0.25) is 0 Å². The summed E-state index contributed by atoms with van der Waals surface area (Å²) in [6.45, 7) is 11.3. The van der Waals surface area contributed by atoms with E-state index in [2.05, 4.69) is 27.7 Å². The highest BCUT2D eigenvalue weighted by Crippen LogP contribution is 2.43. The standard InChI is InChI=1S/C11H22O/c1-5-10(3,4)7-11(6-2)8-12-9-11/h5-9H2,1-4H3. The van der Waals surface area contributed by atoms with Crippen LogP contribution in [0.1, 0.15) is 47.0 Å². The zero-order valence-corrected chi connectivity index (χ0v) is 8.94. The van der Waals surface area contributed by atoms with Gasteiger partial charge in [0.05, 0.1) is 13.2 Å². The minimum atomic E-state index is 0.500. The van der Waals surface area contributed by atoms with Gasteiger partial charge < -0.3 is 4.74 Å². The maximum absolute atomic E-state index is 5.32. The van der Waals surface area contributed by atoms with Gasteiger partial charge in [-0.1, -0.05) is 34.1 Å². The molecule has 0 amide bonds. The summed E-state index contributed by atoms with van der Waals surface area (Å²) in [5.41, 5.74) is 1.03. The summed E-state index contributed by atoms with van der Waals surface area (Å²) in [4.78, 5) is 0. The molecule has 0 spiro atoms. The second-order valence-electron chi connectivity index (χ2n) is 5.04. The van der Waals surface area contributed by atoms with Crippen LogP contribution in [0.4, 0.5) is 0 Å². The molecular formula is C11H22O. The predicted octanol–water partition coefficient (Wildman–Crippen LogP) is 3.24. The summed E-state index contributed by atoms with van der Waals surface area (Å²) in [5.74, 6) is 0. The predicted molar refractivity (Wildman–Crippen MR) is 52.2 cm³/mol. The smallest absolute Gasteiger partial charge is 0.0544 e. The lowest BCUT2D eigenvalue weighted by atomic mass is 9.69. The van der Waals surface area contributed by atoms with Crippen molar-refractivity contribution in [3.8, 4) is 0 Å². The van der Waals surface area contributed by atoms with Crippen LogP contribution in [0, 0.1) is 10.8 Å². The second-order valence-corrected chi connectivity index (χ2v) is 5.04. The van der Waals surface area contributed by atoms with Crippen LogP contribution >= 0.6 is 0 Å². The summed E-state index contributed by atoms with van der Waals surface area (Å²) < 4.78 is 5.32. The van der Waals surface area contributed by atoms with E-state index in [-0.39, 0.29) is 0 Å². The Morgan fingerprint density at radius 1 is 1.25 bits per heavy atom. The Morgan fingerprint density at radius 3 is 2.08 bits per heavy atom. The molecule has 0 aromatic rings. The van der Waals surface area contributed by atoms with Gasteiger partial charge in [-0.05, 0) is 18.3 Å². The summed E-state index contributed by atoms with van der Waals surface area (Å²) in [7, 11) is 0. The fraction of sp³-hybridized carbons (Fsp3) is 1.00. The quantitative estimate of drug-likeness (QED) is 0.629. The molecule has 0 saturated carbocycles. The van der Waals surface area contributed by atoms with Gasteiger partial charge in [-0.15, -0.1) is 0 Å². The molecule has 0 aromatic heterocycles. The summed E-state index contributed by atoms with van der Waals surface area (Å²) in [6, 6.07) is 0. The maximum atomic E-state index is 5.32. The molecule has 1 heteroatoms. The van der Waals surface area contributed by atoms with Crippen LogP contribution < -0.4 is 0 Å². The molecule has 0 bridgehead atoms. The fourth-order valence-corrected chi connectivity index (χ4v) is 1.96. The maximum Gasteiger partial charge on any atom is 0.0544 e. The van der Waals surface area contributed by atoms with E-state index in [0.29, 0.717) is 10.8 Å². The Morgan fingerprint density at radius 2 is 1.83 bits per heavy atom. The lowest BCUT2D eigenvalue weighted by Crippen LogP contribution is -2.44. The molecule has 0 atom stereocenters. The van der Waals surface area contributed by atoms with Gasteiger partial charge in [0.25, 0.3) is 0 Å². The molecule has 0 unspecified atom stereocenters. The molecular weight excluding hydrogens is 148 g/mol. The molecule has 0 radical (unpaired) electrons. The van der Waals surface area contributed by atoms with E-state index in [1.807, 2.05) is 0 Å². The first-order chi connectivity index (χ1) is 5.54. The normalized spacial score (nSPS) is 22.0. The molecule has 1 fully saturated rings. The van der Waals surface area contributed by atoms with E-state index < -0.39 is 0 Å². The van der Waals surface area contributed by atoms with Crippen molar-refractivity contribution in [2.45, 2.75) is 47.0 Å². The molecule has 0 aliphatic carbocycles. The number of hydrogen-bond acceptors (Lipinski definition) is 1. The Hall–Kier alpha value is -0.0400. The van der Waals surface area contributed by atoms with E-state index >= 15 is 0 Å². The van der Waals surface area contributed by atoms with E-state index in [4.69, 9.17) is 4.74 Å². The highest BCUT2D eigenvalue weighted by Gasteiger charge is 2.40. The number of ether oxygens (including phenoxy) is 1. The van der Waals surface area contributed by atoms with Crippen molar-refractivity contribution in [3.63, 3.8) is 0 Å². The van der Waals surface area contributed by atoms with Gasteiger partial charge in [-0.2, -0.15) is 0 Å². The summed E-state index contributed by atoms with van der Waals surface area (Å²) in [5, 5.41) is 0. The first kappa shape index (κ1) is 10.0. The molecule has 1 aliphatic heterocycles. The lowest BCUT2D eigenvalue weighted by Gasteiger charge is -2.45. The van der Waals surface area contributed by atoms with Crippen LogP contribution in [-0.2, 0) is 4.74 Å². The highest BCUT2D eigenvalue weighted by molar-refractivity contribution is 4.89. The van der Waals surface area contributed by atoms with Crippen LogP contribution in [0.3, 0.4) is 0 Å². The van der Waals surface area contributed by atoms with Crippen molar-refractivity contribution in [2.24, 2.45) is 10.8 Å². The van der Waals surface area contributed by atoms with Crippen molar-refractivity contribution in [1.82, 2.24) is 0 Å². The van der Waals surface area contributed by atoms with Gasteiger partial charge >= 0.3 is 0 Å². The van der Waals surface area contributed by atoms with E-state index in [9.17, 15) is 0 Å². The van der Waals surface area contributed by atoms with E-state index in [0.717, 1.165) is 13.2 Å². The Balaban J connectivity index is 2.47. The van der Waals surface area contributed by atoms with Gasteiger partial charge in [0.1, 0.15) is 0 Å². The lowest BCUT2D eigenvalue weighted by molar-refractivity contribution is -0.134. The summed E-state index contributed by atoms with van der Waals surface area (Å²) in [6.07, 6.45) is 3.87. The van der Waals surface area contributed by atoms with Crippen LogP contribution in [0.15, 0.2) is 0 Å². The van der Waals surface area contributed by atoms with Crippen LogP contribution in [-0.4, -0.2) is 13.2 Å². The minimum absolute atomic E-state index is 0.500. The van der Waals surface area contributed by atoms with Crippen LogP contribution in [0.2, 0.25) is 0 Å². The Bertz CT molecular complexity index is 140. The van der Waals surface area contributed by atoms with Crippen molar-refractivity contribution in [1.29, 1.82) is 0 Å². The van der Waals surface area contributed by atoms with E-state index in [1.54, 1.807) is 0 Å². The van der Waals surface area contributed by atoms with E-state index in [1.165, 1.54) is 19.3 Å². The molecule has 72 valence electrons. The third-order valence-corrected chi connectivity index (χ3v) is 3.38. The van der Waals surface area contributed by atoms with Crippen molar-refractivity contribution < 1.29 is 4.74 Å². The molecule has 0 aromatic carbocycles. The average molecular weight is 170 g/mol. The Kier molecular flexibility index (Phi) is 2.82. The highest BCUT2D eigenvalue weighted by atomic mass is 16.5. The first-order valence-electron chi connectivity index (χ1n) is 5.11. The van der Waals surface area contributed by atoms with Crippen LogP contribution in [0.5, 0.6) is 0 Å². The Labute approximate surface area is 76.5 Å². The molecule has 1 saturated heterocycles. The largest absolute Gasteiger partial charge is 0.380 e. The number of hydrogen-bond donors (Lipinski definition) is 0. The van der Waals surface area contributed by atoms with Crippen LogP contribution in [0.25, 0.3) is 0 Å². The zero-order valence-electron chi connectivity index (χ0n) is 8.94. The molecule has 1 rings (SSSR count). The zero-order chi connectivity index (χ0) is 9.24.